The van der Waals surface area contributed by atoms with Crippen LogP contribution in [-0.4, -0.2) is 39.4 Å². The first-order valence-corrected chi connectivity index (χ1v) is 5.38. The van der Waals surface area contributed by atoms with Crippen molar-refractivity contribution in [1.82, 2.24) is 9.80 Å². The Morgan fingerprint density at radius 1 is 1.00 bits per heavy atom. The highest BCUT2D eigenvalue weighted by atomic mass is 16.2. The highest BCUT2D eigenvalue weighted by Crippen LogP contribution is 2.30. The molecule has 0 spiro atoms. The van der Waals surface area contributed by atoms with E-state index in [9.17, 15) is 9.59 Å². The van der Waals surface area contributed by atoms with Crippen LogP contribution >= 0.6 is 0 Å². The van der Waals surface area contributed by atoms with Crippen LogP contribution in [0.25, 0.3) is 0 Å². The number of rotatable bonds is 2. The second-order valence-corrected chi connectivity index (χ2v) is 5.07. The molecule has 0 N–H and O–H groups in total. The lowest BCUT2D eigenvalue weighted by Gasteiger charge is -2.31. The molecule has 4 nitrogen and oxygen atoms in total. The molecule has 1 rings (SSSR count). The number of carbonyl (C=O) groups is 2. The lowest BCUT2D eigenvalue weighted by molar-refractivity contribution is -0.133. The topological polar surface area (TPSA) is 40.6 Å². The summed E-state index contributed by atoms with van der Waals surface area (Å²) < 4.78 is 0. The van der Waals surface area contributed by atoms with Crippen LogP contribution < -0.4 is 0 Å². The van der Waals surface area contributed by atoms with Gasteiger partial charge in [0.1, 0.15) is 5.54 Å². The molecule has 0 saturated carbocycles. The third-order valence-electron chi connectivity index (χ3n) is 2.79. The number of imide groups is 1. The lowest BCUT2D eigenvalue weighted by Crippen LogP contribution is -2.47. The van der Waals surface area contributed by atoms with Crippen molar-refractivity contribution in [2.24, 2.45) is 0 Å². The van der Waals surface area contributed by atoms with E-state index in [0.717, 1.165) is 0 Å². The van der Waals surface area contributed by atoms with Crippen molar-refractivity contribution in [3.8, 4) is 0 Å². The van der Waals surface area contributed by atoms with Gasteiger partial charge in [0.15, 0.2) is 0 Å². The normalized spacial score (nSPS) is 21.1. The Balaban J connectivity index is 3.14. The standard InChI is InChI=1S/C11H20N2O2/c1-7(2)12-9(14)11(5,6)13(8(3)4)10(12)15/h7-8H,1-6H3. The molecule has 4 heteroatoms. The van der Waals surface area contributed by atoms with Gasteiger partial charge in [0.05, 0.1) is 0 Å². The Morgan fingerprint density at radius 3 is 1.67 bits per heavy atom. The van der Waals surface area contributed by atoms with Crippen LogP contribution in [0.5, 0.6) is 0 Å². The average Bonchev–Trinajstić information content (AvgIpc) is 2.17. The van der Waals surface area contributed by atoms with E-state index < -0.39 is 5.54 Å². The molecule has 1 saturated heterocycles. The molecule has 3 amide bonds. The van der Waals surface area contributed by atoms with Crippen molar-refractivity contribution >= 4 is 11.9 Å². The molecule has 0 aromatic rings. The lowest BCUT2D eigenvalue weighted by atomic mass is 10.0. The maximum Gasteiger partial charge on any atom is 0.328 e. The molecule has 0 bridgehead atoms. The van der Waals surface area contributed by atoms with Crippen molar-refractivity contribution in [3.63, 3.8) is 0 Å². The van der Waals surface area contributed by atoms with E-state index >= 15 is 0 Å². The summed E-state index contributed by atoms with van der Waals surface area (Å²) >= 11 is 0. The fraction of sp³-hybridized carbons (Fsp3) is 0.818. The van der Waals surface area contributed by atoms with Gasteiger partial charge in [-0.25, -0.2) is 4.79 Å². The maximum absolute atomic E-state index is 12.1. The van der Waals surface area contributed by atoms with Gasteiger partial charge < -0.3 is 4.90 Å². The largest absolute Gasteiger partial charge is 0.328 e. The van der Waals surface area contributed by atoms with Crippen LogP contribution in [-0.2, 0) is 4.79 Å². The average molecular weight is 212 g/mol. The molecule has 1 fully saturated rings. The number of hydrogen-bond acceptors (Lipinski definition) is 2. The van der Waals surface area contributed by atoms with Gasteiger partial charge in [-0.2, -0.15) is 0 Å². The zero-order valence-corrected chi connectivity index (χ0v) is 10.4. The summed E-state index contributed by atoms with van der Waals surface area (Å²) in [5, 5.41) is 0. The molecule has 0 aromatic heterocycles. The van der Waals surface area contributed by atoms with Gasteiger partial charge in [-0.1, -0.05) is 0 Å². The Bertz CT molecular complexity index is 295. The molecule has 86 valence electrons. The first kappa shape index (κ1) is 12.0. The van der Waals surface area contributed by atoms with Crippen LogP contribution in [0.4, 0.5) is 4.79 Å². The summed E-state index contributed by atoms with van der Waals surface area (Å²) in [6, 6.07) is -0.205. The van der Waals surface area contributed by atoms with Crippen molar-refractivity contribution in [3.05, 3.63) is 0 Å². The second kappa shape index (κ2) is 3.51. The fourth-order valence-corrected chi connectivity index (χ4v) is 2.16. The summed E-state index contributed by atoms with van der Waals surface area (Å²) in [5.74, 6) is -0.101. The fourth-order valence-electron chi connectivity index (χ4n) is 2.16. The minimum atomic E-state index is -0.713. The number of hydrogen-bond donors (Lipinski definition) is 0. The molecule has 0 unspecified atom stereocenters. The third-order valence-corrected chi connectivity index (χ3v) is 2.79. The predicted molar refractivity (Wildman–Crippen MR) is 58.4 cm³/mol. The number of amides is 3. The molecule has 1 aliphatic rings. The molecule has 1 aliphatic heterocycles. The van der Waals surface area contributed by atoms with Crippen LogP contribution in [0.2, 0.25) is 0 Å². The van der Waals surface area contributed by atoms with E-state index in [0.29, 0.717) is 0 Å². The van der Waals surface area contributed by atoms with Crippen LogP contribution in [0.15, 0.2) is 0 Å². The molecule has 0 aromatic carbocycles. The van der Waals surface area contributed by atoms with Crippen molar-refractivity contribution in [2.75, 3.05) is 0 Å². The van der Waals surface area contributed by atoms with Crippen molar-refractivity contribution < 1.29 is 9.59 Å². The SMILES string of the molecule is CC(C)N1C(=O)N(C(C)C)C(C)(C)C1=O. The zero-order valence-electron chi connectivity index (χ0n) is 10.4. The quantitative estimate of drug-likeness (QED) is 0.655. The summed E-state index contributed by atoms with van der Waals surface area (Å²) in [4.78, 5) is 27.1. The van der Waals surface area contributed by atoms with E-state index in [2.05, 4.69) is 0 Å². The zero-order chi connectivity index (χ0) is 12.0. The van der Waals surface area contributed by atoms with E-state index in [4.69, 9.17) is 0 Å². The monoisotopic (exact) mass is 212 g/mol. The Labute approximate surface area is 91.2 Å². The van der Waals surface area contributed by atoms with Gasteiger partial charge in [0.25, 0.3) is 5.91 Å². The molecule has 0 atom stereocenters. The molecule has 0 aliphatic carbocycles. The minimum absolute atomic E-state index is 0.0419. The molecular formula is C11H20N2O2. The minimum Gasteiger partial charge on any atom is -0.308 e. The summed E-state index contributed by atoms with van der Waals surface area (Å²) in [7, 11) is 0. The number of carbonyl (C=O) groups excluding carboxylic acids is 2. The van der Waals surface area contributed by atoms with Crippen molar-refractivity contribution in [2.45, 2.75) is 59.2 Å². The van der Waals surface area contributed by atoms with Crippen LogP contribution in [0.3, 0.4) is 0 Å². The van der Waals surface area contributed by atoms with Crippen LogP contribution in [0, 0.1) is 0 Å². The van der Waals surface area contributed by atoms with Crippen molar-refractivity contribution in [1.29, 1.82) is 0 Å². The molecule has 1 heterocycles. The van der Waals surface area contributed by atoms with E-state index in [1.165, 1.54) is 4.90 Å². The van der Waals surface area contributed by atoms with E-state index in [-0.39, 0.29) is 24.0 Å². The first-order valence-electron chi connectivity index (χ1n) is 5.38. The van der Waals surface area contributed by atoms with Gasteiger partial charge in [0, 0.05) is 12.1 Å². The molecule has 0 radical (unpaired) electrons. The van der Waals surface area contributed by atoms with E-state index in [1.54, 1.807) is 18.7 Å². The summed E-state index contributed by atoms with van der Waals surface area (Å²) in [5.41, 5.74) is -0.713. The molecular weight excluding hydrogens is 192 g/mol. The molecule has 15 heavy (non-hydrogen) atoms. The van der Waals surface area contributed by atoms with Gasteiger partial charge >= 0.3 is 6.03 Å². The van der Waals surface area contributed by atoms with Gasteiger partial charge in [0.2, 0.25) is 0 Å². The summed E-state index contributed by atoms with van der Waals surface area (Å²) in [6.45, 7) is 11.2. The Hall–Kier alpha value is -1.06. The van der Waals surface area contributed by atoms with E-state index in [1.807, 2.05) is 27.7 Å². The van der Waals surface area contributed by atoms with Gasteiger partial charge in [-0.05, 0) is 41.5 Å². The van der Waals surface area contributed by atoms with Gasteiger partial charge in [-0.3, -0.25) is 9.69 Å². The van der Waals surface area contributed by atoms with Crippen LogP contribution in [0.1, 0.15) is 41.5 Å². The number of nitrogens with zero attached hydrogens (tertiary/aromatic N) is 2. The Morgan fingerprint density at radius 2 is 1.47 bits per heavy atom. The number of urea groups is 1. The highest BCUT2D eigenvalue weighted by molar-refractivity contribution is 6.06. The highest BCUT2D eigenvalue weighted by Gasteiger charge is 2.52. The Kier molecular flexibility index (Phi) is 2.81. The second-order valence-electron chi connectivity index (χ2n) is 5.07. The first-order chi connectivity index (χ1) is 6.71. The predicted octanol–water partition coefficient (Wildman–Crippen LogP) is 1.85. The maximum atomic E-state index is 12.1. The van der Waals surface area contributed by atoms with Gasteiger partial charge in [-0.15, -0.1) is 0 Å². The third kappa shape index (κ3) is 1.62. The smallest absolute Gasteiger partial charge is 0.308 e. The summed E-state index contributed by atoms with van der Waals surface area (Å²) in [6.07, 6.45) is 0.